The van der Waals surface area contributed by atoms with Crippen LogP contribution >= 0.6 is 0 Å². The van der Waals surface area contributed by atoms with Crippen molar-refractivity contribution in [2.75, 3.05) is 5.32 Å². The van der Waals surface area contributed by atoms with Crippen molar-refractivity contribution in [1.82, 2.24) is 9.78 Å². The van der Waals surface area contributed by atoms with Crippen LogP contribution in [0.5, 0.6) is 5.75 Å². The van der Waals surface area contributed by atoms with Crippen molar-refractivity contribution in [1.29, 1.82) is 0 Å². The fourth-order valence-corrected chi connectivity index (χ4v) is 2.56. The van der Waals surface area contributed by atoms with E-state index < -0.39 is 0 Å². The number of nitrogens with zero attached hydrogens (tertiary/aromatic N) is 2. The molecule has 4 heteroatoms. The van der Waals surface area contributed by atoms with Gasteiger partial charge in [0.15, 0.2) is 0 Å². The first-order valence-electron chi connectivity index (χ1n) is 6.67. The molecule has 2 heterocycles. The second kappa shape index (κ2) is 4.30. The average Bonchev–Trinajstić information content (AvgIpc) is 2.93. The molecule has 3 rings (SSSR count). The van der Waals surface area contributed by atoms with E-state index in [9.17, 15) is 0 Å². The maximum absolute atomic E-state index is 6.02. The Labute approximate surface area is 113 Å². The highest BCUT2D eigenvalue weighted by Gasteiger charge is 2.41. The normalized spacial score (nSPS) is 19.8. The van der Waals surface area contributed by atoms with Gasteiger partial charge >= 0.3 is 0 Å². The monoisotopic (exact) mass is 257 g/mol. The van der Waals surface area contributed by atoms with E-state index in [2.05, 4.69) is 37.3 Å². The van der Waals surface area contributed by atoms with Crippen molar-refractivity contribution in [2.24, 2.45) is 0 Å². The van der Waals surface area contributed by atoms with Crippen LogP contribution in [0.4, 0.5) is 5.69 Å². The first-order chi connectivity index (χ1) is 9.10. The molecule has 1 aliphatic rings. The van der Waals surface area contributed by atoms with E-state index in [-0.39, 0.29) is 11.6 Å². The van der Waals surface area contributed by atoms with Gasteiger partial charge in [-0.25, -0.2) is 0 Å². The predicted octanol–water partition coefficient (Wildman–Crippen LogP) is 3.23. The molecule has 1 N–H and O–H groups in total. The van der Waals surface area contributed by atoms with Gasteiger partial charge in [-0.3, -0.25) is 4.68 Å². The van der Waals surface area contributed by atoms with Gasteiger partial charge in [0, 0.05) is 18.3 Å². The standard InChI is InChI=1S/C15H19N3O/c1-4-18-10-11(9-16-18)17-14-12-7-5-6-8-13(12)19-15(14,2)3/h5-10,14,17H,4H2,1-3H3. The number of nitrogens with one attached hydrogen (secondary N) is 1. The lowest BCUT2D eigenvalue weighted by Gasteiger charge is -2.27. The largest absolute Gasteiger partial charge is 0.485 e. The fourth-order valence-electron chi connectivity index (χ4n) is 2.56. The molecule has 1 atom stereocenters. The number of benzene rings is 1. The number of hydrogen-bond acceptors (Lipinski definition) is 3. The van der Waals surface area contributed by atoms with Gasteiger partial charge in [0.25, 0.3) is 0 Å². The van der Waals surface area contributed by atoms with Gasteiger partial charge in [0.05, 0.1) is 17.9 Å². The van der Waals surface area contributed by atoms with Crippen LogP contribution in [0.25, 0.3) is 0 Å². The van der Waals surface area contributed by atoms with Crippen LogP contribution < -0.4 is 10.1 Å². The number of fused-ring (bicyclic) bond motifs is 1. The SMILES string of the molecule is CCn1cc(NC2c3ccccc3OC2(C)C)cn1. The Morgan fingerprint density at radius 2 is 2.16 bits per heavy atom. The van der Waals surface area contributed by atoms with E-state index in [1.807, 2.05) is 35.3 Å². The molecule has 19 heavy (non-hydrogen) atoms. The highest BCUT2D eigenvalue weighted by molar-refractivity contribution is 5.50. The van der Waals surface area contributed by atoms with Gasteiger partial charge in [-0.2, -0.15) is 5.10 Å². The van der Waals surface area contributed by atoms with Crippen LogP contribution in [0.3, 0.4) is 0 Å². The number of ether oxygens (including phenoxy) is 1. The summed E-state index contributed by atoms with van der Waals surface area (Å²) in [7, 11) is 0. The number of para-hydroxylation sites is 1. The number of rotatable bonds is 3. The summed E-state index contributed by atoms with van der Waals surface area (Å²) in [6.07, 6.45) is 3.89. The number of hydrogen-bond donors (Lipinski definition) is 1. The second-order valence-electron chi connectivity index (χ2n) is 5.41. The maximum Gasteiger partial charge on any atom is 0.128 e. The van der Waals surface area contributed by atoms with Crippen LogP contribution in [0.1, 0.15) is 32.4 Å². The number of anilines is 1. The third-order valence-electron chi connectivity index (χ3n) is 3.57. The fraction of sp³-hybridized carbons (Fsp3) is 0.400. The summed E-state index contributed by atoms with van der Waals surface area (Å²) in [6.45, 7) is 7.17. The van der Waals surface area contributed by atoms with Gasteiger partial charge in [0.2, 0.25) is 0 Å². The van der Waals surface area contributed by atoms with Gasteiger partial charge in [-0.1, -0.05) is 18.2 Å². The molecular formula is C15H19N3O. The molecule has 0 spiro atoms. The molecule has 0 aliphatic carbocycles. The highest BCUT2D eigenvalue weighted by Crippen LogP contribution is 2.44. The summed E-state index contributed by atoms with van der Waals surface area (Å²) in [4.78, 5) is 0. The number of aromatic nitrogens is 2. The van der Waals surface area contributed by atoms with Gasteiger partial charge in [-0.15, -0.1) is 0 Å². The first kappa shape index (κ1) is 12.1. The summed E-state index contributed by atoms with van der Waals surface area (Å²) in [6, 6.07) is 8.33. The maximum atomic E-state index is 6.02. The molecule has 2 aromatic rings. The molecule has 1 aromatic heterocycles. The Bertz CT molecular complexity index is 589. The first-order valence-corrected chi connectivity index (χ1v) is 6.67. The molecule has 0 saturated carbocycles. The molecule has 0 amide bonds. The summed E-state index contributed by atoms with van der Waals surface area (Å²) in [5.41, 5.74) is 1.97. The molecule has 0 radical (unpaired) electrons. The van der Waals surface area contributed by atoms with Crippen molar-refractivity contribution in [3.8, 4) is 5.75 Å². The van der Waals surface area contributed by atoms with E-state index in [0.717, 1.165) is 18.0 Å². The van der Waals surface area contributed by atoms with E-state index in [4.69, 9.17) is 4.74 Å². The molecule has 0 saturated heterocycles. The minimum Gasteiger partial charge on any atom is -0.485 e. The Balaban J connectivity index is 1.90. The van der Waals surface area contributed by atoms with Gasteiger partial charge in [-0.05, 0) is 26.8 Å². The third-order valence-corrected chi connectivity index (χ3v) is 3.57. The second-order valence-corrected chi connectivity index (χ2v) is 5.41. The quantitative estimate of drug-likeness (QED) is 0.917. The zero-order valence-electron chi connectivity index (χ0n) is 11.6. The van der Waals surface area contributed by atoms with Crippen LogP contribution in [-0.2, 0) is 6.54 Å². The summed E-state index contributed by atoms with van der Waals surface area (Å²) in [5.74, 6) is 0.966. The van der Waals surface area contributed by atoms with Crippen LogP contribution in [-0.4, -0.2) is 15.4 Å². The van der Waals surface area contributed by atoms with Crippen molar-refractivity contribution in [3.63, 3.8) is 0 Å². The molecule has 1 aromatic carbocycles. The summed E-state index contributed by atoms with van der Waals surface area (Å²) >= 11 is 0. The smallest absolute Gasteiger partial charge is 0.128 e. The zero-order valence-corrected chi connectivity index (χ0v) is 11.6. The zero-order chi connectivity index (χ0) is 13.5. The number of aryl methyl sites for hydroxylation is 1. The average molecular weight is 257 g/mol. The van der Waals surface area contributed by atoms with Crippen molar-refractivity contribution in [3.05, 3.63) is 42.2 Å². The van der Waals surface area contributed by atoms with Crippen molar-refractivity contribution >= 4 is 5.69 Å². The van der Waals surface area contributed by atoms with Crippen LogP contribution in [0.2, 0.25) is 0 Å². The molecular weight excluding hydrogens is 238 g/mol. The van der Waals surface area contributed by atoms with Gasteiger partial charge in [0.1, 0.15) is 11.4 Å². The van der Waals surface area contributed by atoms with Crippen molar-refractivity contribution in [2.45, 2.75) is 39.0 Å². The van der Waals surface area contributed by atoms with Gasteiger partial charge < -0.3 is 10.1 Å². The molecule has 1 unspecified atom stereocenters. The molecule has 0 fully saturated rings. The predicted molar refractivity (Wildman–Crippen MR) is 75.4 cm³/mol. The lowest BCUT2D eigenvalue weighted by molar-refractivity contribution is 0.118. The van der Waals surface area contributed by atoms with E-state index >= 15 is 0 Å². The minimum atomic E-state index is -0.266. The molecule has 0 bridgehead atoms. The molecule has 4 nitrogen and oxygen atoms in total. The Morgan fingerprint density at radius 1 is 1.37 bits per heavy atom. The molecule has 1 aliphatic heterocycles. The topological polar surface area (TPSA) is 39.1 Å². The third kappa shape index (κ3) is 2.07. The highest BCUT2D eigenvalue weighted by atomic mass is 16.5. The summed E-state index contributed by atoms with van der Waals surface area (Å²) < 4.78 is 7.94. The van der Waals surface area contributed by atoms with Crippen LogP contribution in [0.15, 0.2) is 36.7 Å². The summed E-state index contributed by atoms with van der Waals surface area (Å²) in [5, 5.41) is 7.83. The Kier molecular flexibility index (Phi) is 2.73. The van der Waals surface area contributed by atoms with E-state index in [0.29, 0.717) is 0 Å². The lowest BCUT2D eigenvalue weighted by Crippen LogP contribution is -2.34. The minimum absolute atomic E-state index is 0.137. The van der Waals surface area contributed by atoms with Crippen LogP contribution in [0, 0.1) is 0 Å². The van der Waals surface area contributed by atoms with Crippen molar-refractivity contribution < 1.29 is 4.74 Å². The lowest BCUT2D eigenvalue weighted by atomic mass is 9.94. The Morgan fingerprint density at radius 3 is 2.89 bits per heavy atom. The Hall–Kier alpha value is -1.97. The van der Waals surface area contributed by atoms with E-state index in [1.54, 1.807) is 0 Å². The van der Waals surface area contributed by atoms with E-state index in [1.165, 1.54) is 5.56 Å². The molecule has 100 valence electrons.